The molecule has 5 rings (SSSR count). The van der Waals surface area contributed by atoms with Gasteiger partial charge in [-0.05, 0) is 29.7 Å². The standard InChI is InChI=1S/C25H22O2/c1-3-7-18(8-4-1)16-26-22-13-14-23(27-17-19-9-5-2-6-10-19)25-21-12-11-20(15-21)24(22)25/h1-14,20-21H,15-17H2. The molecule has 3 aromatic rings. The zero-order chi connectivity index (χ0) is 18.1. The first-order valence-corrected chi connectivity index (χ1v) is 9.57. The summed E-state index contributed by atoms with van der Waals surface area (Å²) in [5.74, 6) is 2.91. The summed E-state index contributed by atoms with van der Waals surface area (Å²) in [6.07, 6.45) is 5.79. The van der Waals surface area contributed by atoms with Crippen LogP contribution >= 0.6 is 0 Å². The van der Waals surface area contributed by atoms with Gasteiger partial charge in [0, 0.05) is 23.0 Å². The van der Waals surface area contributed by atoms with Crippen LogP contribution in [0.4, 0.5) is 0 Å². The van der Waals surface area contributed by atoms with E-state index in [1.54, 1.807) is 0 Å². The van der Waals surface area contributed by atoms with E-state index in [0.717, 1.165) is 17.9 Å². The molecule has 0 N–H and O–H groups in total. The summed E-state index contributed by atoms with van der Waals surface area (Å²) in [4.78, 5) is 0. The summed E-state index contributed by atoms with van der Waals surface area (Å²) in [5.41, 5.74) is 5.02. The molecule has 0 aliphatic heterocycles. The van der Waals surface area contributed by atoms with Gasteiger partial charge in [0.15, 0.2) is 0 Å². The number of hydrogen-bond acceptors (Lipinski definition) is 2. The minimum Gasteiger partial charge on any atom is -0.489 e. The summed E-state index contributed by atoms with van der Waals surface area (Å²) in [6.45, 7) is 1.19. The molecule has 0 heterocycles. The van der Waals surface area contributed by atoms with Crippen molar-refractivity contribution in [2.75, 3.05) is 0 Å². The Kier molecular flexibility index (Phi) is 4.17. The van der Waals surface area contributed by atoms with Crippen LogP contribution in [0.25, 0.3) is 0 Å². The van der Waals surface area contributed by atoms with Crippen LogP contribution in [0.3, 0.4) is 0 Å². The highest BCUT2D eigenvalue weighted by atomic mass is 16.5. The molecule has 0 spiro atoms. The third-order valence-corrected chi connectivity index (χ3v) is 5.51. The van der Waals surface area contributed by atoms with E-state index in [2.05, 4.69) is 48.6 Å². The maximum absolute atomic E-state index is 6.22. The first-order valence-electron chi connectivity index (χ1n) is 9.57. The van der Waals surface area contributed by atoms with Crippen LogP contribution in [0, 0.1) is 0 Å². The molecule has 2 heteroatoms. The normalized spacial score (nSPS) is 19.1. The largest absolute Gasteiger partial charge is 0.489 e. The van der Waals surface area contributed by atoms with Crippen molar-refractivity contribution in [3.63, 3.8) is 0 Å². The molecule has 2 nitrogen and oxygen atoms in total. The summed E-state index contributed by atoms with van der Waals surface area (Å²) in [5, 5.41) is 0. The molecular weight excluding hydrogens is 332 g/mol. The Hall–Kier alpha value is -3.00. The van der Waals surface area contributed by atoms with Gasteiger partial charge in [0.05, 0.1) is 0 Å². The number of hydrogen-bond donors (Lipinski definition) is 0. The van der Waals surface area contributed by atoms with Crippen LogP contribution in [0.2, 0.25) is 0 Å². The molecule has 0 aromatic heterocycles. The van der Waals surface area contributed by atoms with Gasteiger partial charge in [0.25, 0.3) is 0 Å². The molecule has 27 heavy (non-hydrogen) atoms. The molecule has 0 saturated carbocycles. The van der Waals surface area contributed by atoms with Crippen molar-refractivity contribution < 1.29 is 9.47 Å². The van der Waals surface area contributed by atoms with Gasteiger partial charge in [-0.25, -0.2) is 0 Å². The average molecular weight is 354 g/mol. The molecule has 0 radical (unpaired) electrons. The molecule has 0 amide bonds. The molecule has 2 aliphatic carbocycles. The smallest absolute Gasteiger partial charge is 0.124 e. The van der Waals surface area contributed by atoms with E-state index in [1.807, 2.05) is 36.4 Å². The maximum Gasteiger partial charge on any atom is 0.124 e. The molecule has 0 saturated heterocycles. The van der Waals surface area contributed by atoms with Crippen LogP contribution in [0.5, 0.6) is 11.5 Å². The van der Waals surface area contributed by atoms with Crippen molar-refractivity contribution in [1.29, 1.82) is 0 Å². The predicted octanol–water partition coefficient (Wildman–Crippen LogP) is 5.99. The Balaban J connectivity index is 1.40. The van der Waals surface area contributed by atoms with Crippen molar-refractivity contribution in [2.24, 2.45) is 0 Å². The Morgan fingerprint density at radius 2 is 1.04 bits per heavy atom. The van der Waals surface area contributed by atoms with E-state index in [4.69, 9.17) is 9.47 Å². The number of fused-ring (bicyclic) bond motifs is 5. The quantitative estimate of drug-likeness (QED) is 0.507. The second-order valence-corrected chi connectivity index (χ2v) is 7.27. The van der Waals surface area contributed by atoms with Crippen molar-refractivity contribution in [2.45, 2.75) is 31.5 Å². The Morgan fingerprint density at radius 1 is 0.593 bits per heavy atom. The van der Waals surface area contributed by atoms with Crippen LogP contribution in [-0.4, -0.2) is 0 Å². The van der Waals surface area contributed by atoms with E-state index in [9.17, 15) is 0 Å². The molecule has 2 aliphatic rings. The number of ether oxygens (including phenoxy) is 2. The van der Waals surface area contributed by atoms with E-state index < -0.39 is 0 Å². The van der Waals surface area contributed by atoms with Gasteiger partial charge >= 0.3 is 0 Å². The minimum atomic E-state index is 0.455. The molecule has 134 valence electrons. The van der Waals surface area contributed by atoms with Crippen molar-refractivity contribution in [1.82, 2.24) is 0 Å². The monoisotopic (exact) mass is 354 g/mol. The Bertz CT molecular complexity index is 882. The third-order valence-electron chi connectivity index (χ3n) is 5.51. The highest BCUT2D eigenvalue weighted by Crippen LogP contribution is 2.55. The van der Waals surface area contributed by atoms with Crippen LogP contribution in [0.15, 0.2) is 84.9 Å². The van der Waals surface area contributed by atoms with Crippen LogP contribution in [0.1, 0.15) is 40.5 Å². The highest BCUT2D eigenvalue weighted by Gasteiger charge is 2.37. The molecular formula is C25H22O2. The highest BCUT2D eigenvalue weighted by molar-refractivity contribution is 5.60. The van der Waals surface area contributed by atoms with Gasteiger partial charge in [-0.15, -0.1) is 0 Å². The SMILES string of the molecule is C1=CC2CC1c1c(OCc3ccccc3)ccc(OCc3ccccc3)c12. The predicted molar refractivity (Wildman–Crippen MR) is 107 cm³/mol. The first-order chi connectivity index (χ1) is 13.4. The molecule has 2 bridgehead atoms. The van der Waals surface area contributed by atoms with Gasteiger partial charge in [-0.2, -0.15) is 0 Å². The van der Waals surface area contributed by atoms with E-state index in [0.29, 0.717) is 25.0 Å². The van der Waals surface area contributed by atoms with E-state index in [-0.39, 0.29) is 0 Å². The number of allylic oxidation sites excluding steroid dienone is 2. The Morgan fingerprint density at radius 3 is 1.48 bits per heavy atom. The lowest BCUT2D eigenvalue weighted by atomic mass is 9.95. The zero-order valence-electron chi connectivity index (χ0n) is 15.2. The summed E-state index contributed by atoms with van der Waals surface area (Å²) in [7, 11) is 0. The fourth-order valence-corrected chi connectivity index (χ4v) is 4.21. The first kappa shape index (κ1) is 16.2. The maximum atomic E-state index is 6.22. The summed E-state index contributed by atoms with van der Waals surface area (Å²) in [6, 6.07) is 24.8. The fraction of sp³-hybridized carbons (Fsp3) is 0.200. The van der Waals surface area contributed by atoms with Crippen LogP contribution < -0.4 is 9.47 Å². The van der Waals surface area contributed by atoms with E-state index in [1.165, 1.54) is 22.3 Å². The van der Waals surface area contributed by atoms with Crippen molar-refractivity contribution >= 4 is 0 Å². The number of rotatable bonds is 6. The lowest BCUT2D eigenvalue weighted by molar-refractivity contribution is 0.293. The minimum absolute atomic E-state index is 0.455. The lowest BCUT2D eigenvalue weighted by Crippen LogP contribution is -2.05. The van der Waals surface area contributed by atoms with Gasteiger partial charge < -0.3 is 9.47 Å². The van der Waals surface area contributed by atoms with Gasteiger partial charge in [-0.1, -0.05) is 72.8 Å². The second kappa shape index (κ2) is 6.96. The van der Waals surface area contributed by atoms with Gasteiger partial charge in [0.2, 0.25) is 0 Å². The summed E-state index contributed by atoms with van der Waals surface area (Å²) < 4.78 is 12.4. The van der Waals surface area contributed by atoms with Gasteiger partial charge in [-0.3, -0.25) is 0 Å². The fourth-order valence-electron chi connectivity index (χ4n) is 4.21. The van der Waals surface area contributed by atoms with Crippen molar-refractivity contribution in [3.8, 4) is 11.5 Å². The molecule has 2 atom stereocenters. The van der Waals surface area contributed by atoms with Crippen LogP contribution in [-0.2, 0) is 13.2 Å². The zero-order valence-corrected chi connectivity index (χ0v) is 15.2. The van der Waals surface area contributed by atoms with Crippen molar-refractivity contribution in [3.05, 3.63) is 107 Å². The topological polar surface area (TPSA) is 18.5 Å². The second-order valence-electron chi connectivity index (χ2n) is 7.27. The molecule has 0 fully saturated rings. The van der Waals surface area contributed by atoms with Gasteiger partial charge in [0.1, 0.15) is 24.7 Å². The average Bonchev–Trinajstić information content (AvgIpc) is 3.35. The molecule has 3 aromatic carbocycles. The number of benzene rings is 3. The third kappa shape index (κ3) is 3.12. The molecule has 2 unspecified atom stereocenters. The summed E-state index contributed by atoms with van der Waals surface area (Å²) >= 11 is 0. The lowest BCUT2D eigenvalue weighted by Gasteiger charge is -2.20. The van der Waals surface area contributed by atoms with E-state index >= 15 is 0 Å². The Labute approximate surface area is 160 Å².